The number of hydrogen-bond acceptors (Lipinski definition) is 3. The zero-order chi connectivity index (χ0) is 13.8. The van der Waals surface area contributed by atoms with Crippen LogP contribution in [0, 0.1) is 0 Å². The second-order valence-corrected chi connectivity index (χ2v) is 5.20. The van der Waals surface area contributed by atoms with Crippen molar-refractivity contribution in [3.63, 3.8) is 0 Å². The molecule has 1 amide bonds. The highest BCUT2D eigenvalue weighted by molar-refractivity contribution is 5.94. The molecule has 1 fully saturated rings. The molecule has 4 nitrogen and oxygen atoms in total. The van der Waals surface area contributed by atoms with Gasteiger partial charge in [-0.15, -0.1) is 0 Å². The van der Waals surface area contributed by atoms with Gasteiger partial charge in [-0.3, -0.25) is 4.79 Å². The molecule has 1 unspecified atom stereocenters. The van der Waals surface area contributed by atoms with E-state index in [0.717, 1.165) is 31.6 Å². The van der Waals surface area contributed by atoms with Gasteiger partial charge in [-0.05, 0) is 31.2 Å². The summed E-state index contributed by atoms with van der Waals surface area (Å²) in [4.78, 5) is 16.7. The van der Waals surface area contributed by atoms with Crippen LogP contribution in [0.2, 0.25) is 0 Å². The van der Waals surface area contributed by atoms with Gasteiger partial charge in [-0.25, -0.2) is 0 Å². The number of rotatable bonds is 3. The molecule has 2 N–H and O–H groups in total. The van der Waals surface area contributed by atoms with Crippen LogP contribution in [0.4, 0.5) is 0 Å². The fourth-order valence-electron chi connectivity index (χ4n) is 2.53. The summed E-state index contributed by atoms with van der Waals surface area (Å²) in [6, 6.07) is 8.03. The van der Waals surface area contributed by atoms with Crippen LogP contribution in [-0.4, -0.2) is 55.0 Å². The molecule has 4 heteroatoms. The van der Waals surface area contributed by atoms with Gasteiger partial charge in [-0.2, -0.15) is 0 Å². The molecule has 2 rings (SSSR count). The molecule has 0 saturated carbocycles. The Morgan fingerprint density at radius 3 is 2.58 bits per heavy atom. The topological polar surface area (TPSA) is 49.6 Å². The third-order valence-corrected chi connectivity index (χ3v) is 3.83. The highest BCUT2D eigenvalue weighted by Gasteiger charge is 2.28. The van der Waals surface area contributed by atoms with Crippen molar-refractivity contribution < 1.29 is 4.79 Å². The van der Waals surface area contributed by atoms with Crippen LogP contribution in [0.15, 0.2) is 24.3 Å². The predicted octanol–water partition coefficient (Wildman–Crippen LogP) is 0.964. The van der Waals surface area contributed by atoms with E-state index in [1.807, 2.05) is 29.2 Å². The molecule has 0 bridgehead atoms. The molecule has 1 heterocycles. The number of hydrogen-bond donors (Lipinski definition) is 1. The first-order chi connectivity index (χ1) is 9.15. The van der Waals surface area contributed by atoms with Crippen LogP contribution < -0.4 is 5.73 Å². The van der Waals surface area contributed by atoms with Crippen molar-refractivity contribution in [1.29, 1.82) is 0 Å². The SMILES string of the molecule is CCc1ccc(C(=O)N2CCN(C)CC2CN)cc1. The maximum Gasteiger partial charge on any atom is 0.254 e. The van der Waals surface area contributed by atoms with E-state index in [2.05, 4.69) is 18.9 Å². The third kappa shape index (κ3) is 3.14. The molecule has 104 valence electrons. The number of carbonyl (C=O) groups is 1. The Bertz CT molecular complexity index is 430. The largest absolute Gasteiger partial charge is 0.332 e. The van der Waals surface area contributed by atoms with Crippen LogP contribution in [0.25, 0.3) is 0 Å². The van der Waals surface area contributed by atoms with Crippen molar-refractivity contribution in [1.82, 2.24) is 9.80 Å². The summed E-state index contributed by atoms with van der Waals surface area (Å²) < 4.78 is 0. The Labute approximate surface area is 115 Å². The molecule has 1 aliphatic rings. The quantitative estimate of drug-likeness (QED) is 0.882. The van der Waals surface area contributed by atoms with Crippen LogP contribution in [0.1, 0.15) is 22.8 Å². The Morgan fingerprint density at radius 2 is 2.00 bits per heavy atom. The van der Waals surface area contributed by atoms with Gasteiger partial charge in [0.1, 0.15) is 0 Å². The van der Waals surface area contributed by atoms with Gasteiger partial charge in [-0.1, -0.05) is 19.1 Å². The van der Waals surface area contributed by atoms with Gasteiger partial charge in [0.15, 0.2) is 0 Å². The average molecular weight is 261 g/mol. The number of aryl methyl sites for hydroxylation is 1. The van der Waals surface area contributed by atoms with E-state index >= 15 is 0 Å². The summed E-state index contributed by atoms with van der Waals surface area (Å²) in [5.41, 5.74) is 7.82. The number of likely N-dealkylation sites (N-methyl/N-ethyl adjacent to an activating group) is 1. The summed E-state index contributed by atoms with van der Waals surface area (Å²) in [5, 5.41) is 0. The van der Waals surface area contributed by atoms with E-state index in [4.69, 9.17) is 5.73 Å². The number of benzene rings is 1. The summed E-state index contributed by atoms with van der Waals surface area (Å²) >= 11 is 0. The molecular formula is C15H23N3O. The maximum atomic E-state index is 12.5. The number of carbonyl (C=O) groups excluding carboxylic acids is 1. The summed E-state index contributed by atoms with van der Waals surface area (Å²) in [5.74, 6) is 0.103. The molecule has 1 saturated heterocycles. The second-order valence-electron chi connectivity index (χ2n) is 5.20. The van der Waals surface area contributed by atoms with E-state index in [1.165, 1.54) is 5.56 Å². The molecule has 19 heavy (non-hydrogen) atoms. The van der Waals surface area contributed by atoms with Crippen LogP contribution >= 0.6 is 0 Å². The Morgan fingerprint density at radius 1 is 1.32 bits per heavy atom. The van der Waals surface area contributed by atoms with Crippen molar-refractivity contribution in [2.75, 3.05) is 33.2 Å². The zero-order valence-electron chi connectivity index (χ0n) is 11.8. The smallest absolute Gasteiger partial charge is 0.254 e. The van der Waals surface area contributed by atoms with E-state index in [1.54, 1.807) is 0 Å². The summed E-state index contributed by atoms with van der Waals surface area (Å²) in [7, 11) is 2.07. The Kier molecular flexibility index (Phi) is 4.56. The van der Waals surface area contributed by atoms with Crippen molar-refractivity contribution in [2.45, 2.75) is 19.4 Å². The van der Waals surface area contributed by atoms with Crippen molar-refractivity contribution in [3.05, 3.63) is 35.4 Å². The number of nitrogens with two attached hydrogens (primary N) is 1. The Hall–Kier alpha value is -1.39. The van der Waals surface area contributed by atoms with Crippen LogP contribution in [0.5, 0.6) is 0 Å². The van der Waals surface area contributed by atoms with E-state index in [-0.39, 0.29) is 11.9 Å². The number of nitrogens with zero attached hydrogens (tertiary/aromatic N) is 2. The third-order valence-electron chi connectivity index (χ3n) is 3.83. The van der Waals surface area contributed by atoms with Gasteiger partial charge in [0.2, 0.25) is 0 Å². The van der Waals surface area contributed by atoms with Crippen molar-refractivity contribution >= 4 is 5.91 Å². The van der Waals surface area contributed by atoms with Gasteiger partial charge in [0, 0.05) is 31.7 Å². The average Bonchev–Trinajstić information content (AvgIpc) is 2.46. The normalized spacial score (nSPS) is 20.6. The first-order valence-corrected chi connectivity index (χ1v) is 6.94. The van der Waals surface area contributed by atoms with Crippen LogP contribution in [0.3, 0.4) is 0 Å². The molecule has 0 spiro atoms. The minimum Gasteiger partial charge on any atom is -0.332 e. The molecule has 1 aromatic rings. The zero-order valence-corrected chi connectivity index (χ0v) is 11.8. The summed E-state index contributed by atoms with van der Waals surface area (Å²) in [6.07, 6.45) is 0.994. The lowest BCUT2D eigenvalue weighted by Gasteiger charge is -2.39. The first kappa shape index (κ1) is 14.0. The first-order valence-electron chi connectivity index (χ1n) is 6.94. The maximum absolute atomic E-state index is 12.5. The number of amides is 1. The highest BCUT2D eigenvalue weighted by Crippen LogP contribution is 2.14. The fourth-order valence-corrected chi connectivity index (χ4v) is 2.53. The highest BCUT2D eigenvalue weighted by atomic mass is 16.2. The van der Waals surface area contributed by atoms with Crippen molar-refractivity contribution in [3.8, 4) is 0 Å². The van der Waals surface area contributed by atoms with Crippen LogP contribution in [-0.2, 0) is 6.42 Å². The lowest BCUT2D eigenvalue weighted by molar-refractivity contribution is 0.0516. The fraction of sp³-hybridized carbons (Fsp3) is 0.533. The minimum absolute atomic E-state index is 0.103. The lowest BCUT2D eigenvalue weighted by Crippen LogP contribution is -2.56. The molecule has 0 radical (unpaired) electrons. The molecule has 1 aromatic carbocycles. The van der Waals surface area contributed by atoms with Gasteiger partial charge >= 0.3 is 0 Å². The molecule has 0 aromatic heterocycles. The molecule has 0 aliphatic carbocycles. The second kappa shape index (κ2) is 6.17. The Balaban J connectivity index is 2.13. The van der Waals surface area contributed by atoms with E-state index < -0.39 is 0 Å². The number of piperazine rings is 1. The summed E-state index contributed by atoms with van der Waals surface area (Å²) in [6.45, 7) is 5.15. The van der Waals surface area contributed by atoms with E-state index in [0.29, 0.717) is 6.54 Å². The van der Waals surface area contributed by atoms with Gasteiger partial charge < -0.3 is 15.5 Å². The molecular weight excluding hydrogens is 238 g/mol. The van der Waals surface area contributed by atoms with Gasteiger partial charge in [0.25, 0.3) is 5.91 Å². The standard InChI is InChI=1S/C15H23N3O/c1-3-12-4-6-13(7-5-12)15(19)18-9-8-17(2)11-14(18)10-16/h4-7,14H,3,8-11,16H2,1-2H3. The van der Waals surface area contributed by atoms with Crippen molar-refractivity contribution in [2.24, 2.45) is 5.73 Å². The molecule has 1 atom stereocenters. The lowest BCUT2D eigenvalue weighted by atomic mass is 10.1. The predicted molar refractivity (Wildman–Crippen MR) is 77.2 cm³/mol. The minimum atomic E-state index is 0.103. The monoisotopic (exact) mass is 261 g/mol. The van der Waals surface area contributed by atoms with E-state index in [9.17, 15) is 4.79 Å². The molecule has 1 aliphatic heterocycles. The van der Waals surface area contributed by atoms with Gasteiger partial charge in [0.05, 0.1) is 6.04 Å².